The first-order valence-electron chi connectivity index (χ1n) is 0.685. The average Bonchev–Trinajstić information content (AvgIpc) is 0.811. The van der Waals surface area contributed by atoms with E-state index in [9.17, 15) is 4.20 Å². The molecule has 0 bridgehead atoms. The van der Waals surface area contributed by atoms with Crippen molar-refractivity contribution in [2.75, 3.05) is 0 Å². The first-order chi connectivity index (χ1) is 1.73. The van der Waals surface area contributed by atoms with Crippen LogP contribution in [0.2, 0.25) is 0 Å². The van der Waals surface area contributed by atoms with Gasteiger partial charge in [-0.25, -0.2) is 4.20 Å². The third kappa shape index (κ3) is 13.4. The van der Waals surface area contributed by atoms with Crippen LogP contribution in [0.1, 0.15) is 0 Å². The van der Waals surface area contributed by atoms with Gasteiger partial charge in [0.2, 0.25) is 0 Å². The van der Waals surface area contributed by atoms with Crippen LogP contribution in [0.15, 0.2) is 0 Å². The Morgan fingerprint density at radius 1 is 2.00 bits per heavy atom. The molecule has 0 spiro atoms. The van der Waals surface area contributed by atoms with Gasteiger partial charge in [0.1, 0.15) is 0 Å². The maximum Gasteiger partial charge on any atom is 0.161 e. The van der Waals surface area contributed by atoms with E-state index in [0.29, 0.717) is 0 Å². The zero-order valence-electron chi connectivity index (χ0n) is 1.98. The van der Waals surface area contributed by atoms with Gasteiger partial charge in [0.15, 0.2) is 7.57 Å². The van der Waals surface area contributed by atoms with Crippen LogP contribution in [-0.2, 0) is 0 Å². The van der Waals surface area contributed by atoms with Crippen LogP contribution in [-0.4, -0.2) is 7.57 Å². The van der Waals surface area contributed by atoms with E-state index in [1.807, 2.05) is 8.93 Å². The van der Waals surface area contributed by atoms with Crippen molar-refractivity contribution < 1.29 is 4.20 Å². The summed E-state index contributed by atoms with van der Waals surface area (Å²) < 4.78 is 10.8. The smallest absolute Gasteiger partial charge is 0.161 e. The number of hydrogen-bond donors (Lipinski definition) is 0. The van der Waals surface area contributed by atoms with Crippen LogP contribution >= 0.6 is 16.7 Å². The Labute approximate surface area is 29.5 Å². The Morgan fingerprint density at radius 2 is 2.00 bits per heavy atom. The first kappa shape index (κ1) is 4.85. The molecule has 0 fully saturated rings. The fourth-order valence-electron chi connectivity index (χ4n) is 0. The maximum atomic E-state index is 10.8. The molecule has 2 unspecified atom stereocenters. The Hall–Kier alpha value is 0.855. The molecule has 2 radical (unpaired) electrons. The van der Waals surface area contributed by atoms with Gasteiger partial charge in [-0.2, -0.15) is 0 Å². The van der Waals surface area contributed by atoms with Gasteiger partial charge in [-0.05, 0) is 0 Å². The fourth-order valence-corrected chi connectivity index (χ4v) is 0. The van der Waals surface area contributed by atoms with Crippen molar-refractivity contribution in [3.8, 4) is 0 Å². The van der Waals surface area contributed by atoms with Crippen LogP contribution in [0, 0.1) is 0 Å². The van der Waals surface area contributed by atoms with Gasteiger partial charge in [0.25, 0.3) is 0 Å². The lowest BCUT2D eigenvalue weighted by Crippen LogP contribution is -1.29. The van der Waals surface area contributed by atoms with E-state index in [1.165, 1.54) is 0 Å². The van der Waals surface area contributed by atoms with Crippen LogP contribution in [0.5, 0.6) is 0 Å². The molecule has 0 amide bonds. The molecule has 0 aromatic heterocycles. The quantitative estimate of drug-likeness (QED) is 0.312. The molecule has 0 aliphatic carbocycles. The SMILES string of the molecule is [B]P(F)P. The summed E-state index contributed by atoms with van der Waals surface area (Å²) in [5.41, 5.74) is 0. The van der Waals surface area contributed by atoms with E-state index in [-0.39, 0.29) is 0 Å². The molecular formula is H2BFP2. The zero-order valence-corrected chi connectivity index (χ0v) is 4.03. The van der Waals surface area contributed by atoms with Gasteiger partial charge in [-0.1, -0.05) is 8.93 Å². The van der Waals surface area contributed by atoms with Crippen LogP contribution < -0.4 is 0 Å². The number of halogens is 1. The molecule has 0 nitrogen and oxygen atoms in total. The summed E-state index contributed by atoms with van der Waals surface area (Å²) >= 11 is 0. The predicted octanol–water partition coefficient (Wildman–Crippen LogP) is 1.23. The molecule has 22 valence electrons. The average molecular weight is 93.8 g/mol. The van der Waals surface area contributed by atoms with Crippen LogP contribution in [0.3, 0.4) is 0 Å². The summed E-state index contributed by atoms with van der Waals surface area (Å²) in [5.74, 6) is 0. The lowest BCUT2D eigenvalue weighted by molar-refractivity contribution is 0.930. The normalized spacial score (nSPS) is 15.5. The minimum atomic E-state index is -1.70. The van der Waals surface area contributed by atoms with E-state index in [4.69, 9.17) is 0 Å². The summed E-state index contributed by atoms with van der Waals surface area (Å²) in [6.45, 7) is 0. The minimum absolute atomic E-state index is 1.70. The van der Waals surface area contributed by atoms with Crippen molar-refractivity contribution in [3.63, 3.8) is 0 Å². The highest BCUT2D eigenvalue weighted by Gasteiger charge is 1.73. The second-order valence-electron chi connectivity index (χ2n) is 0.344. The molecule has 0 saturated heterocycles. The topological polar surface area (TPSA) is 0 Å². The second-order valence-corrected chi connectivity index (χ2v) is 2.51. The van der Waals surface area contributed by atoms with Crippen LogP contribution in [0.4, 0.5) is 4.20 Å². The van der Waals surface area contributed by atoms with E-state index < -0.39 is 7.80 Å². The lowest BCUT2D eigenvalue weighted by atomic mass is 10.8. The van der Waals surface area contributed by atoms with Gasteiger partial charge in [0, 0.05) is 7.80 Å². The summed E-state index contributed by atoms with van der Waals surface area (Å²) in [5, 5.41) is 0. The van der Waals surface area contributed by atoms with Crippen molar-refractivity contribution >= 4 is 24.3 Å². The molecule has 0 aliphatic rings. The van der Waals surface area contributed by atoms with Gasteiger partial charge in [-0.3, -0.25) is 0 Å². The molecule has 0 N–H and O–H groups in total. The minimum Gasteiger partial charge on any atom is -0.235 e. The predicted molar refractivity (Wildman–Crippen MR) is 23.5 cm³/mol. The van der Waals surface area contributed by atoms with Gasteiger partial charge in [0.05, 0.1) is 0 Å². The molecule has 2 atom stereocenters. The number of rotatable bonds is 0. The van der Waals surface area contributed by atoms with Crippen molar-refractivity contribution in [2.24, 2.45) is 0 Å². The van der Waals surface area contributed by atoms with Gasteiger partial charge < -0.3 is 0 Å². The van der Waals surface area contributed by atoms with Gasteiger partial charge >= 0.3 is 0 Å². The molecule has 0 heterocycles. The zero-order chi connectivity index (χ0) is 3.58. The fraction of sp³-hybridized carbons (Fsp3) is 0. The van der Waals surface area contributed by atoms with Crippen molar-refractivity contribution in [1.82, 2.24) is 0 Å². The maximum absolute atomic E-state index is 10.8. The Bertz CT molecular complexity index is 10.8. The molecule has 0 aromatic rings. The Kier molecular flexibility index (Phi) is 2.57. The van der Waals surface area contributed by atoms with Gasteiger partial charge in [-0.15, -0.1) is 0 Å². The Balaban J connectivity index is 2.32. The monoisotopic (exact) mass is 94.0 g/mol. The molecule has 0 rings (SSSR count). The van der Waals surface area contributed by atoms with E-state index >= 15 is 0 Å². The molecule has 0 aromatic carbocycles. The molecule has 4 heavy (non-hydrogen) atoms. The summed E-state index contributed by atoms with van der Waals surface area (Å²) in [4.78, 5) is 0. The highest BCUT2D eigenvalue weighted by atomic mass is 32.0. The van der Waals surface area contributed by atoms with Crippen LogP contribution in [0.25, 0.3) is 0 Å². The third-order valence-electron chi connectivity index (χ3n) is 0. The van der Waals surface area contributed by atoms with Crippen molar-refractivity contribution in [2.45, 2.75) is 0 Å². The first-order valence-corrected chi connectivity index (χ1v) is 3.61. The molecule has 0 aliphatic heterocycles. The second kappa shape index (κ2) is 2.11. The highest BCUT2D eigenvalue weighted by Crippen LogP contribution is 2.39. The largest absolute Gasteiger partial charge is 0.235 e. The molecule has 4 heteroatoms. The van der Waals surface area contributed by atoms with E-state index in [1.54, 1.807) is 0 Å². The molecule has 0 saturated carbocycles. The summed E-state index contributed by atoms with van der Waals surface area (Å²) in [7, 11) is 4.60. The Morgan fingerprint density at radius 3 is 2.00 bits per heavy atom. The summed E-state index contributed by atoms with van der Waals surface area (Å²) in [6, 6.07) is 0. The van der Waals surface area contributed by atoms with Crippen molar-refractivity contribution in [3.05, 3.63) is 0 Å². The third-order valence-corrected chi connectivity index (χ3v) is 0. The summed E-state index contributed by atoms with van der Waals surface area (Å²) in [6.07, 6.45) is 0. The van der Waals surface area contributed by atoms with Crippen molar-refractivity contribution in [1.29, 1.82) is 0 Å². The highest BCUT2D eigenvalue weighted by molar-refractivity contribution is 8.23. The molecular weight excluding hydrogens is 91.8 g/mol. The van der Waals surface area contributed by atoms with E-state index in [0.717, 1.165) is 0 Å². The number of hydrogen-bond acceptors (Lipinski definition) is 0. The standard InChI is InChI=1S/BFH2P2/c1-4(2)3/h3H2. The van der Waals surface area contributed by atoms with E-state index in [2.05, 4.69) is 7.57 Å². The lowest BCUT2D eigenvalue weighted by Gasteiger charge is -1.75.